The number of unbranched alkanes of at least 4 members (excludes halogenated alkanes) is 16. The van der Waals surface area contributed by atoms with Crippen molar-refractivity contribution in [1.82, 2.24) is 0 Å². The number of aliphatic carboxylic acids is 1. The lowest BCUT2D eigenvalue weighted by Gasteiger charge is -2.34. The molecule has 0 saturated heterocycles. The smallest absolute Gasteiger partial charge is 0.306 e. The number of ether oxygens (including phenoxy) is 3. The number of rotatable bonds is 37. The lowest BCUT2D eigenvalue weighted by atomic mass is 10.1. The third-order valence-corrected chi connectivity index (χ3v) is 9.23. The first-order valence-corrected chi connectivity index (χ1v) is 21.4. The molecule has 0 saturated carbocycles. The lowest BCUT2D eigenvalue weighted by Crippen LogP contribution is -2.55. The SMILES string of the molecule is CC/C=C/C=C/C=C/CCCCCCCCCC(=O)OC(COCCC(C(=O)[O-])[N+](C)(C)C)COC(=O)CCCCCCCC/C=C/C=C/CCCCC. The van der Waals surface area contributed by atoms with E-state index in [0.29, 0.717) is 12.8 Å². The van der Waals surface area contributed by atoms with Gasteiger partial charge in [0.05, 0.1) is 40.3 Å². The predicted octanol–water partition coefficient (Wildman–Crippen LogP) is 10.1. The van der Waals surface area contributed by atoms with Crippen LogP contribution in [0.15, 0.2) is 60.8 Å². The molecule has 0 spiro atoms. The van der Waals surface area contributed by atoms with Crippen LogP contribution in [0.5, 0.6) is 0 Å². The highest BCUT2D eigenvalue weighted by atomic mass is 16.6. The van der Waals surface area contributed by atoms with Gasteiger partial charge in [-0.05, 0) is 57.8 Å². The van der Waals surface area contributed by atoms with E-state index in [1.54, 1.807) is 21.1 Å². The maximum absolute atomic E-state index is 12.7. The molecule has 0 radical (unpaired) electrons. The van der Waals surface area contributed by atoms with Gasteiger partial charge < -0.3 is 28.6 Å². The van der Waals surface area contributed by atoms with E-state index in [4.69, 9.17) is 14.2 Å². The molecule has 0 N–H and O–H groups in total. The van der Waals surface area contributed by atoms with Crippen molar-refractivity contribution >= 4 is 17.9 Å². The molecule has 0 fully saturated rings. The molecule has 8 heteroatoms. The summed E-state index contributed by atoms with van der Waals surface area (Å²) in [5.74, 6) is -1.77. The van der Waals surface area contributed by atoms with Crippen molar-refractivity contribution in [2.75, 3.05) is 41.0 Å². The Morgan fingerprint density at radius 2 is 1.04 bits per heavy atom. The van der Waals surface area contributed by atoms with Gasteiger partial charge in [0.1, 0.15) is 12.6 Å². The number of carboxylic acids is 1. The number of quaternary nitrogens is 1. The molecule has 0 amide bonds. The van der Waals surface area contributed by atoms with Gasteiger partial charge in [-0.25, -0.2) is 0 Å². The maximum atomic E-state index is 12.7. The highest BCUT2D eigenvalue weighted by molar-refractivity contribution is 5.70. The average molecular weight is 758 g/mol. The number of carbonyl (C=O) groups is 3. The minimum atomic E-state index is -1.13. The van der Waals surface area contributed by atoms with Gasteiger partial charge in [0.2, 0.25) is 0 Å². The molecular weight excluding hydrogens is 679 g/mol. The summed E-state index contributed by atoms with van der Waals surface area (Å²) in [5.41, 5.74) is 0. The standard InChI is InChI=1S/C46H79NO7/c1-6-8-10-12-14-16-18-20-22-24-26-28-30-32-34-36-44(48)53-41-42(40-52-39-38-43(46(50)51)47(3,4)5)54-45(49)37-35-33-31-29-27-25-23-21-19-17-15-13-11-9-7-2/h9,11,13-20,42-43H,6-8,10,12,21-41H2,1-5H3/b11-9+,15-13+,16-14+,19-17+,20-18+. The van der Waals surface area contributed by atoms with Gasteiger partial charge in [-0.15, -0.1) is 0 Å². The van der Waals surface area contributed by atoms with Crippen LogP contribution in [0.25, 0.3) is 0 Å². The monoisotopic (exact) mass is 758 g/mol. The van der Waals surface area contributed by atoms with Crippen LogP contribution in [-0.4, -0.2) is 75.5 Å². The highest BCUT2D eigenvalue weighted by Gasteiger charge is 2.25. The van der Waals surface area contributed by atoms with Crippen LogP contribution in [-0.2, 0) is 28.6 Å². The van der Waals surface area contributed by atoms with Gasteiger partial charge in [-0.1, -0.05) is 145 Å². The Kier molecular flexibility index (Phi) is 34.9. The van der Waals surface area contributed by atoms with Gasteiger partial charge in [-0.3, -0.25) is 9.59 Å². The molecule has 0 aromatic heterocycles. The number of nitrogens with zero attached hydrogens (tertiary/aromatic N) is 1. The lowest BCUT2D eigenvalue weighted by molar-refractivity contribution is -0.889. The van der Waals surface area contributed by atoms with Crippen LogP contribution >= 0.6 is 0 Å². The van der Waals surface area contributed by atoms with Crippen molar-refractivity contribution < 1.29 is 38.2 Å². The Labute approximate surface area is 330 Å². The van der Waals surface area contributed by atoms with Crippen molar-refractivity contribution in [3.8, 4) is 0 Å². The quantitative estimate of drug-likeness (QED) is 0.0269. The molecule has 0 aromatic carbocycles. The van der Waals surface area contributed by atoms with Crippen molar-refractivity contribution in [2.24, 2.45) is 0 Å². The number of esters is 2. The van der Waals surface area contributed by atoms with Gasteiger partial charge in [0, 0.05) is 19.3 Å². The van der Waals surface area contributed by atoms with E-state index in [0.717, 1.165) is 77.0 Å². The van der Waals surface area contributed by atoms with Crippen LogP contribution in [0.4, 0.5) is 0 Å². The molecule has 0 aliphatic rings. The summed E-state index contributed by atoms with van der Waals surface area (Å²) >= 11 is 0. The first-order chi connectivity index (χ1) is 26.1. The zero-order valence-electron chi connectivity index (χ0n) is 35.1. The third-order valence-electron chi connectivity index (χ3n) is 9.23. The fraction of sp³-hybridized carbons (Fsp3) is 0.717. The number of allylic oxidation sites excluding steroid dienone is 10. The first-order valence-electron chi connectivity index (χ1n) is 21.4. The molecule has 0 rings (SSSR count). The maximum Gasteiger partial charge on any atom is 0.306 e. The normalized spacial score (nSPS) is 13.6. The van der Waals surface area contributed by atoms with Gasteiger partial charge in [-0.2, -0.15) is 0 Å². The average Bonchev–Trinajstić information content (AvgIpc) is 3.12. The van der Waals surface area contributed by atoms with Gasteiger partial charge in [0.25, 0.3) is 0 Å². The summed E-state index contributed by atoms with van der Waals surface area (Å²) in [5, 5.41) is 11.6. The molecule has 8 nitrogen and oxygen atoms in total. The zero-order chi connectivity index (χ0) is 40.0. The molecule has 0 bridgehead atoms. The zero-order valence-corrected chi connectivity index (χ0v) is 35.1. The molecule has 0 aliphatic carbocycles. The van der Waals surface area contributed by atoms with E-state index < -0.39 is 18.1 Å². The number of hydrogen-bond acceptors (Lipinski definition) is 7. The number of hydrogen-bond donors (Lipinski definition) is 0. The van der Waals surface area contributed by atoms with Gasteiger partial charge >= 0.3 is 11.9 Å². The summed E-state index contributed by atoms with van der Waals surface area (Å²) in [4.78, 5) is 36.8. The summed E-state index contributed by atoms with van der Waals surface area (Å²) in [6, 6.07) is -0.731. The van der Waals surface area contributed by atoms with Crippen LogP contribution in [0.2, 0.25) is 0 Å². The van der Waals surface area contributed by atoms with Crippen molar-refractivity contribution in [1.29, 1.82) is 0 Å². The van der Waals surface area contributed by atoms with E-state index >= 15 is 0 Å². The second kappa shape index (κ2) is 37.0. The molecule has 2 unspecified atom stereocenters. The fourth-order valence-electron chi connectivity index (χ4n) is 5.88. The molecule has 0 heterocycles. The summed E-state index contributed by atoms with van der Waals surface area (Å²) < 4.78 is 17.1. The molecule has 0 aromatic rings. The largest absolute Gasteiger partial charge is 0.544 e. The second-order valence-corrected chi connectivity index (χ2v) is 15.3. The van der Waals surface area contributed by atoms with Crippen molar-refractivity contribution in [3.05, 3.63) is 60.8 Å². The third kappa shape index (κ3) is 34.8. The molecule has 0 aliphatic heterocycles. The van der Waals surface area contributed by atoms with E-state index in [2.05, 4.69) is 74.6 Å². The first kappa shape index (κ1) is 51.0. The van der Waals surface area contributed by atoms with Crippen molar-refractivity contribution in [2.45, 2.75) is 174 Å². The highest BCUT2D eigenvalue weighted by Crippen LogP contribution is 2.13. The number of carbonyl (C=O) groups excluding carboxylic acids is 3. The Morgan fingerprint density at radius 1 is 0.574 bits per heavy atom. The van der Waals surface area contributed by atoms with Crippen molar-refractivity contribution in [3.63, 3.8) is 0 Å². The summed E-state index contributed by atoms with van der Waals surface area (Å²) in [6.07, 6.45) is 43.8. The number of carboxylic acid groups (broad SMARTS) is 1. The Morgan fingerprint density at radius 3 is 1.54 bits per heavy atom. The fourth-order valence-corrected chi connectivity index (χ4v) is 5.88. The molecule has 2 atom stereocenters. The summed E-state index contributed by atoms with van der Waals surface area (Å²) in [7, 11) is 5.39. The van der Waals surface area contributed by atoms with Crippen LogP contribution in [0, 0.1) is 0 Å². The van der Waals surface area contributed by atoms with E-state index in [1.165, 1.54) is 51.4 Å². The van der Waals surface area contributed by atoms with E-state index in [-0.39, 0.29) is 42.7 Å². The minimum absolute atomic E-state index is 0.0295. The number of likely N-dealkylation sites (N-methyl/N-ethyl adjacent to an activating group) is 1. The van der Waals surface area contributed by atoms with Gasteiger partial charge in [0.15, 0.2) is 6.10 Å². The van der Waals surface area contributed by atoms with Crippen LogP contribution in [0.1, 0.15) is 162 Å². The minimum Gasteiger partial charge on any atom is -0.544 e. The summed E-state index contributed by atoms with van der Waals surface area (Å²) in [6.45, 7) is 4.46. The molecule has 310 valence electrons. The van der Waals surface area contributed by atoms with E-state index in [1.807, 2.05) is 0 Å². The Bertz CT molecular complexity index is 1070. The van der Waals surface area contributed by atoms with E-state index in [9.17, 15) is 19.5 Å². The molecular formula is C46H79NO7. The second-order valence-electron chi connectivity index (χ2n) is 15.3. The Hall–Kier alpha value is -2.97. The molecule has 54 heavy (non-hydrogen) atoms. The Balaban J connectivity index is 4.41. The predicted molar refractivity (Wildman–Crippen MR) is 222 cm³/mol. The van der Waals surface area contributed by atoms with Crippen LogP contribution < -0.4 is 5.11 Å². The van der Waals surface area contributed by atoms with Crippen LogP contribution in [0.3, 0.4) is 0 Å². The topological polar surface area (TPSA) is 102 Å².